The van der Waals surface area contributed by atoms with Gasteiger partial charge >= 0.3 is 6.03 Å². The average Bonchev–Trinajstić information content (AvgIpc) is 2.44. The number of aryl methyl sites for hydroxylation is 1. The Kier molecular flexibility index (Phi) is 6.37. The summed E-state index contributed by atoms with van der Waals surface area (Å²) in [6.07, 6.45) is 0. The molecule has 6 nitrogen and oxygen atoms in total. The molecule has 4 N–H and O–H groups in total. The smallest absolute Gasteiger partial charge is 0.319 e. The van der Waals surface area contributed by atoms with E-state index in [9.17, 15) is 9.59 Å². The van der Waals surface area contributed by atoms with Crippen molar-refractivity contribution in [3.63, 3.8) is 0 Å². The van der Waals surface area contributed by atoms with Crippen molar-refractivity contribution < 1.29 is 9.59 Å². The molecule has 1 rings (SSSR count). The fraction of sp³-hybridized carbons (Fsp3) is 0.500. The Balaban J connectivity index is 2.42. The number of urea groups is 1. The molecule has 0 atom stereocenters. The topological polar surface area (TPSA) is 87.5 Å². The summed E-state index contributed by atoms with van der Waals surface area (Å²) in [5.41, 5.74) is 7.26. The maximum Gasteiger partial charge on any atom is 0.319 e. The van der Waals surface area contributed by atoms with E-state index in [1.54, 1.807) is 18.0 Å². The van der Waals surface area contributed by atoms with Crippen LogP contribution in [0.2, 0.25) is 0 Å². The lowest BCUT2D eigenvalue weighted by molar-refractivity contribution is -0.129. The molecule has 0 spiro atoms. The van der Waals surface area contributed by atoms with Crippen molar-refractivity contribution in [2.24, 2.45) is 11.1 Å². The van der Waals surface area contributed by atoms with Gasteiger partial charge in [-0.2, -0.15) is 0 Å². The molecule has 3 amide bonds. The molecule has 0 saturated heterocycles. The van der Waals surface area contributed by atoms with E-state index in [1.165, 1.54) is 0 Å². The van der Waals surface area contributed by atoms with Crippen LogP contribution < -0.4 is 16.4 Å². The van der Waals surface area contributed by atoms with Gasteiger partial charge in [-0.15, -0.1) is 0 Å². The molecule has 0 heterocycles. The molecule has 1 aromatic rings. The number of carbonyl (C=O) groups excluding carboxylic acids is 2. The molecule has 122 valence electrons. The summed E-state index contributed by atoms with van der Waals surface area (Å²) in [5.74, 6) is -0.152. The zero-order valence-corrected chi connectivity index (χ0v) is 13.8. The van der Waals surface area contributed by atoms with E-state index in [2.05, 4.69) is 10.6 Å². The third-order valence-electron chi connectivity index (χ3n) is 3.32. The number of carbonyl (C=O) groups is 2. The van der Waals surface area contributed by atoms with Crippen molar-refractivity contribution >= 4 is 17.6 Å². The monoisotopic (exact) mass is 306 g/mol. The Labute approximate surface area is 132 Å². The van der Waals surface area contributed by atoms with E-state index in [0.29, 0.717) is 18.8 Å². The predicted molar refractivity (Wildman–Crippen MR) is 88.7 cm³/mol. The number of rotatable bonds is 6. The molecule has 0 aliphatic rings. The van der Waals surface area contributed by atoms with Crippen molar-refractivity contribution in [3.8, 4) is 0 Å². The zero-order valence-electron chi connectivity index (χ0n) is 13.8. The third kappa shape index (κ3) is 6.13. The fourth-order valence-corrected chi connectivity index (χ4v) is 1.98. The van der Waals surface area contributed by atoms with Crippen LogP contribution >= 0.6 is 0 Å². The van der Waals surface area contributed by atoms with Gasteiger partial charge in [-0.1, -0.05) is 26.0 Å². The zero-order chi connectivity index (χ0) is 16.8. The molecule has 1 aromatic carbocycles. The molecular weight excluding hydrogens is 280 g/mol. The number of likely N-dealkylation sites (N-methyl/N-ethyl adjacent to an activating group) is 1. The Morgan fingerprint density at radius 2 is 2.00 bits per heavy atom. The SMILES string of the molecule is Cc1cccc(NC(=O)NCC(=O)N(C)CC(C)(C)CN)c1. The highest BCUT2D eigenvalue weighted by molar-refractivity contribution is 5.92. The van der Waals surface area contributed by atoms with Gasteiger partial charge in [0, 0.05) is 19.3 Å². The molecule has 0 aromatic heterocycles. The van der Waals surface area contributed by atoms with E-state index in [-0.39, 0.29) is 17.9 Å². The number of anilines is 1. The number of amides is 3. The lowest BCUT2D eigenvalue weighted by atomic mass is 9.93. The second-order valence-electron chi connectivity index (χ2n) is 6.30. The van der Waals surface area contributed by atoms with Gasteiger partial charge in [0.15, 0.2) is 0 Å². The van der Waals surface area contributed by atoms with E-state index in [1.807, 2.05) is 39.0 Å². The van der Waals surface area contributed by atoms with Crippen LogP contribution in [0.3, 0.4) is 0 Å². The predicted octanol–water partition coefficient (Wildman–Crippen LogP) is 1.56. The summed E-state index contributed by atoms with van der Waals surface area (Å²) in [7, 11) is 1.71. The molecule has 0 fully saturated rings. The molecule has 0 aliphatic carbocycles. The molecule has 22 heavy (non-hydrogen) atoms. The van der Waals surface area contributed by atoms with Crippen LogP contribution in [0.4, 0.5) is 10.5 Å². The number of nitrogens with two attached hydrogens (primary N) is 1. The highest BCUT2D eigenvalue weighted by atomic mass is 16.2. The lowest BCUT2D eigenvalue weighted by Gasteiger charge is -2.29. The molecule has 0 radical (unpaired) electrons. The van der Waals surface area contributed by atoms with E-state index < -0.39 is 6.03 Å². The van der Waals surface area contributed by atoms with Gasteiger partial charge in [0.25, 0.3) is 0 Å². The highest BCUT2D eigenvalue weighted by Gasteiger charge is 2.21. The quantitative estimate of drug-likeness (QED) is 0.745. The highest BCUT2D eigenvalue weighted by Crippen LogP contribution is 2.13. The van der Waals surface area contributed by atoms with Crippen LogP contribution in [0.5, 0.6) is 0 Å². The van der Waals surface area contributed by atoms with Crippen LogP contribution in [-0.2, 0) is 4.79 Å². The average molecular weight is 306 g/mol. The summed E-state index contributed by atoms with van der Waals surface area (Å²) < 4.78 is 0. The second kappa shape index (κ2) is 7.79. The standard InChI is InChI=1S/C16H26N4O2/c1-12-6-5-7-13(8-12)19-15(22)18-9-14(21)20(4)11-16(2,3)10-17/h5-8H,9-11,17H2,1-4H3,(H2,18,19,22). The van der Waals surface area contributed by atoms with Gasteiger partial charge in [0.1, 0.15) is 0 Å². The van der Waals surface area contributed by atoms with Gasteiger partial charge < -0.3 is 21.3 Å². The van der Waals surface area contributed by atoms with Crippen LogP contribution in [0, 0.1) is 12.3 Å². The van der Waals surface area contributed by atoms with Crippen molar-refractivity contribution in [1.29, 1.82) is 0 Å². The minimum atomic E-state index is -0.398. The Hall–Kier alpha value is -2.08. The van der Waals surface area contributed by atoms with Crippen molar-refractivity contribution in [2.75, 3.05) is 32.0 Å². The molecule has 0 aliphatic heterocycles. The normalized spacial score (nSPS) is 11.0. The van der Waals surface area contributed by atoms with Gasteiger partial charge in [-0.05, 0) is 36.6 Å². The second-order valence-corrected chi connectivity index (χ2v) is 6.30. The number of nitrogens with zero attached hydrogens (tertiary/aromatic N) is 1. The number of nitrogens with one attached hydrogen (secondary N) is 2. The van der Waals surface area contributed by atoms with E-state index in [4.69, 9.17) is 5.73 Å². The Bertz CT molecular complexity index is 529. The van der Waals surface area contributed by atoms with Gasteiger partial charge in [0.05, 0.1) is 6.54 Å². The van der Waals surface area contributed by atoms with Crippen LogP contribution in [-0.4, -0.2) is 43.5 Å². The maximum absolute atomic E-state index is 12.0. The first-order valence-electron chi connectivity index (χ1n) is 7.29. The first kappa shape index (κ1) is 18.0. The van der Waals surface area contributed by atoms with Crippen molar-refractivity contribution in [3.05, 3.63) is 29.8 Å². The van der Waals surface area contributed by atoms with Crippen LogP contribution in [0.25, 0.3) is 0 Å². The third-order valence-corrected chi connectivity index (χ3v) is 3.32. The van der Waals surface area contributed by atoms with Crippen molar-refractivity contribution in [2.45, 2.75) is 20.8 Å². The minimum Gasteiger partial charge on any atom is -0.344 e. The van der Waals surface area contributed by atoms with E-state index >= 15 is 0 Å². The first-order chi connectivity index (χ1) is 10.2. The summed E-state index contributed by atoms with van der Waals surface area (Å²) in [6.45, 7) is 6.92. The molecule has 0 bridgehead atoms. The largest absolute Gasteiger partial charge is 0.344 e. The number of benzene rings is 1. The molecule has 6 heteroatoms. The van der Waals surface area contributed by atoms with Crippen LogP contribution in [0.15, 0.2) is 24.3 Å². The summed E-state index contributed by atoms with van der Waals surface area (Å²) in [6, 6.07) is 7.06. The van der Waals surface area contributed by atoms with Crippen LogP contribution in [0.1, 0.15) is 19.4 Å². The minimum absolute atomic E-state index is 0.0468. The van der Waals surface area contributed by atoms with E-state index in [0.717, 1.165) is 5.56 Å². The number of hydrogen-bond acceptors (Lipinski definition) is 3. The van der Waals surface area contributed by atoms with Gasteiger partial charge in [-0.25, -0.2) is 4.79 Å². The lowest BCUT2D eigenvalue weighted by Crippen LogP contribution is -2.44. The fourth-order valence-electron chi connectivity index (χ4n) is 1.98. The van der Waals surface area contributed by atoms with Gasteiger partial charge in [0.2, 0.25) is 5.91 Å². The summed E-state index contributed by atoms with van der Waals surface area (Å²) in [5, 5.41) is 5.26. The maximum atomic E-state index is 12.0. The molecule has 0 saturated carbocycles. The first-order valence-corrected chi connectivity index (χ1v) is 7.29. The molecular formula is C16H26N4O2. The summed E-state index contributed by atoms with van der Waals surface area (Å²) >= 11 is 0. The van der Waals surface area contributed by atoms with Gasteiger partial charge in [-0.3, -0.25) is 4.79 Å². The Morgan fingerprint density at radius 1 is 1.32 bits per heavy atom. The number of hydrogen-bond donors (Lipinski definition) is 3. The summed E-state index contributed by atoms with van der Waals surface area (Å²) in [4.78, 5) is 25.4. The van der Waals surface area contributed by atoms with Crippen molar-refractivity contribution in [1.82, 2.24) is 10.2 Å². The molecule has 0 unspecified atom stereocenters. The Morgan fingerprint density at radius 3 is 2.59 bits per heavy atom.